The molecule has 6 heteroatoms. The molecule has 1 amide bonds. The summed E-state index contributed by atoms with van der Waals surface area (Å²) in [4.78, 5) is 13.9. The number of thiophene rings is 1. The Kier molecular flexibility index (Phi) is 3.84. The molecule has 0 unspecified atom stereocenters. The van der Waals surface area contributed by atoms with E-state index >= 15 is 0 Å². The van der Waals surface area contributed by atoms with Gasteiger partial charge >= 0.3 is 0 Å². The fourth-order valence-corrected chi connectivity index (χ4v) is 4.47. The van der Waals surface area contributed by atoms with Crippen LogP contribution in [0.25, 0.3) is 11.1 Å². The SMILES string of the molecule is Cc1sc(N)c(C(=O)NC2CCCC2)c1-c1ccc2c(c1)OCO2. The third-order valence-corrected chi connectivity index (χ3v) is 5.62. The number of amides is 1. The van der Waals surface area contributed by atoms with Crippen molar-refractivity contribution in [2.24, 2.45) is 0 Å². The van der Waals surface area contributed by atoms with Crippen LogP contribution >= 0.6 is 11.3 Å². The van der Waals surface area contributed by atoms with Crippen LogP contribution in [0.1, 0.15) is 40.9 Å². The number of ether oxygens (including phenoxy) is 2. The lowest BCUT2D eigenvalue weighted by molar-refractivity contribution is 0.0939. The Morgan fingerprint density at radius 3 is 2.79 bits per heavy atom. The molecule has 0 radical (unpaired) electrons. The molecule has 0 atom stereocenters. The fourth-order valence-electron chi connectivity index (χ4n) is 3.52. The van der Waals surface area contributed by atoms with Crippen LogP contribution in [0, 0.1) is 6.92 Å². The number of hydrogen-bond donors (Lipinski definition) is 2. The van der Waals surface area contributed by atoms with Crippen molar-refractivity contribution in [3.63, 3.8) is 0 Å². The van der Waals surface area contributed by atoms with Gasteiger partial charge in [-0.15, -0.1) is 11.3 Å². The van der Waals surface area contributed by atoms with Gasteiger partial charge in [-0.1, -0.05) is 18.9 Å². The molecule has 0 saturated heterocycles. The summed E-state index contributed by atoms with van der Waals surface area (Å²) < 4.78 is 10.8. The van der Waals surface area contributed by atoms with E-state index < -0.39 is 0 Å². The van der Waals surface area contributed by atoms with Gasteiger partial charge in [0.2, 0.25) is 6.79 Å². The zero-order chi connectivity index (χ0) is 16.7. The minimum Gasteiger partial charge on any atom is -0.454 e. The van der Waals surface area contributed by atoms with E-state index in [1.54, 1.807) is 0 Å². The summed E-state index contributed by atoms with van der Waals surface area (Å²) in [6.07, 6.45) is 4.46. The van der Waals surface area contributed by atoms with Gasteiger partial charge in [-0.25, -0.2) is 0 Å². The average molecular weight is 344 g/mol. The predicted molar refractivity (Wildman–Crippen MR) is 94.7 cm³/mol. The summed E-state index contributed by atoms with van der Waals surface area (Å²) in [5.74, 6) is 1.37. The number of anilines is 1. The first-order valence-corrected chi connectivity index (χ1v) is 9.05. The standard InChI is InChI=1S/C18H20N2O3S/c1-10-15(11-6-7-13-14(8-11)23-9-22-13)16(17(19)24-10)18(21)20-12-4-2-3-5-12/h6-8,12H,2-5,9,19H2,1H3,(H,20,21). The number of nitrogens with two attached hydrogens (primary N) is 1. The number of nitrogen functional groups attached to an aromatic ring is 1. The minimum absolute atomic E-state index is 0.0728. The van der Waals surface area contributed by atoms with E-state index in [1.165, 1.54) is 24.2 Å². The third-order valence-electron chi connectivity index (χ3n) is 4.69. The molecular weight excluding hydrogens is 324 g/mol. The quantitative estimate of drug-likeness (QED) is 0.890. The van der Waals surface area contributed by atoms with E-state index in [0.717, 1.165) is 34.6 Å². The van der Waals surface area contributed by atoms with E-state index in [9.17, 15) is 4.79 Å². The molecule has 1 aromatic carbocycles. The van der Waals surface area contributed by atoms with Crippen LogP contribution in [0.2, 0.25) is 0 Å². The second-order valence-corrected chi connectivity index (χ2v) is 7.55. The second kappa shape index (κ2) is 6.02. The maximum Gasteiger partial charge on any atom is 0.255 e. The molecule has 3 N–H and O–H groups in total. The zero-order valence-electron chi connectivity index (χ0n) is 13.6. The molecule has 4 rings (SSSR count). The molecule has 0 spiro atoms. The van der Waals surface area contributed by atoms with Gasteiger partial charge in [0.05, 0.1) is 10.6 Å². The van der Waals surface area contributed by atoms with Crippen LogP contribution in [-0.4, -0.2) is 18.7 Å². The van der Waals surface area contributed by atoms with Crippen molar-refractivity contribution in [3.05, 3.63) is 28.6 Å². The van der Waals surface area contributed by atoms with Gasteiger partial charge in [-0.2, -0.15) is 0 Å². The largest absolute Gasteiger partial charge is 0.454 e. The topological polar surface area (TPSA) is 73.6 Å². The highest BCUT2D eigenvalue weighted by Crippen LogP contribution is 2.42. The van der Waals surface area contributed by atoms with Crippen LogP contribution < -0.4 is 20.5 Å². The molecule has 1 aliphatic carbocycles. The number of rotatable bonds is 3. The number of hydrogen-bond acceptors (Lipinski definition) is 5. The summed E-state index contributed by atoms with van der Waals surface area (Å²) in [5, 5.41) is 3.71. The van der Waals surface area contributed by atoms with Crippen molar-refractivity contribution in [3.8, 4) is 22.6 Å². The molecule has 1 aliphatic heterocycles. The van der Waals surface area contributed by atoms with E-state index in [2.05, 4.69) is 5.32 Å². The van der Waals surface area contributed by atoms with Crippen molar-refractivity contribution in [2.75, 3.05) is 12.5 Å². The van der Waals surface area contributed by atoms with Gasteiger partial charge in [0.15, 0.2) is 11.5 Å². The molecule has 1 saturated carbocycles. The van der Waals surface area contributed by atoms with Crippen molar-refractivity contribution >= 4 is 22.2 Å². The lowest BCUT2D eigenvalue weighted by atomic mass is 10.00. The Balaban J connectivity index is 1.71. The Hall–Kier alpha value is -2.21. The van der Waals surface area contributed by atoms with E-state index in [-0.39, 0.29) is 18.7 Å². The van der Waals surface area contributed by atoms with Crippen molar-refractivity contribution < 1.29 is 14.3 Å². The molecule has 0 bridgehead atoms. The van der Waals surface area contributed by atoms with Gasteiger partial charge in [-0.05, 0) is 37.5 Å². The molecular formula is C18H20N2O3S. The van der Waals surface area contributed by atoms with Gasteiger partial charge in [0, 0.05) is 16.5 Å². The Morgan fingerprint density at radius 1 is 1.25 bits per heavy atom. The number of benzene rings is 1. The summed E-state index contributed by atoms with van der Waals surface area (Å²) in [6, 6.07) is 6.02. The van der Waals surface area contributed by atoms with E-state index in [0.29, 0.717) is 16.3 Å². The van der Waals surface area contributed by atoms with Gasteiger partial charge < -0.3 is 20.5 Å². The third kappa shape index (κ3) is 2.60. The van der Waals surface area contributed by atoms with E-state index in [4.69, 9.17) is 15.2 Å². The maximum absolute atomic E-state index is 12.8. The monoisotopic (exact) mass is 344 g/mol. The van der Waals surface area contributed by atoms with Crippen LogP contribution in [0.3, 0.4) is 0 Å². The van der Waals surface area contributed by atoms with Gasteiger partial charge in [0.1, 0.15) is 0 Å². The maximum atomic E-state index is 12.8. The number of nitrogens with one attached hydrogen (secondary N) is 1. The van der Waals surface area contributed by atoms with Crippen LogP contribution in [-0.2, 0) is 0 Å². The summed E-state index contributed by atoms with van der Waals surface area (Å²) in [5.41, 5.74) is 8.58. The Labute approximate surface area is 144 Å². The molecule has 24 heavy (non-hydrogen) atoms. The minimum atomic E-state index is -0.0728. The molecule has 2 aliphatic rings. The molecule has 1 fully saturated rings. The zero-order valence-corrected chi connectivity index (χ0v) is 14.4. The lowest BCUT2D eigenvalue weighted by Crippen LogP contribution is -2.33. The Bertz CT molecular complexity index is 794. The van der Waals surface area contributed by atoms with Crippen LogP contribution in [0.4, 0.5) is 5.00 Å². The van der Waals surface area contributed by atoms with Crippen LogP contribution in [0.5, 0.6) is 11.5 Å². The van der Waals surface area contributed by atoms with Gasteiger partial charge in [0.25, 0.3) is 5.91 Å². The molecule has 2 heterocycles. The van der Waals surface area contributed by atoms with Gasteiger partial charge in [-0.3, -0.25) is 4.79 Å². The highest BCUT2D eigenvalue weighted by Gasteiger charge is 2.26. The molecule has 5 nitrogen and oxygen atoms in total. The highest BCUT2D eigenvalue weighted by molar-refractivity contribution is 7.16. The predicted octanol–water partition coefficient (Wildman–Crippen LogP) is 3.71. The smallest absolute Gasteiger partial charge is 0.255 e. The number of carbonyl (C=O) groups is 1. The number of aryl methyl sites for hydroxylation is 1. The number of fused-ring (bicyclic) bond motifs is 1. The first kappa shape index (κ1) is 15.3. The average Bonchev–Trinajstić information content (AvgIpc) is 3.26. The van der Waals surface area contributed by atoms with Crippen molar-refractivity contribution in [2.45, 2.75) is 38.6 Å². The normalized spacial score (nSPS) is 16.5. The van der Waals surface area contributed by atoms with Crippen molar-refractivity contribution in [1.29, 1.82) is 0 Å². The number of carbonyl (C=O) groups excluding carboxylic acids is 1. The van der Waals surface area contributed by atoms with Crippen LogP contribution in [0.15, 0.2) is 18.2 Å². The fraction of sp³-hybridized carbons (Fsp3) is 0.389. The first-order valence-electron chi connectivity index (χ1n) is 8.23. The highest BCUT2D eigenvalue weighted by atomic mass is 32.1. The molecule has 2 aromatic rings. The summed E-state index contributed by atoms with van der Waals surface area (Å²) in [6.45, 7) is 2.23. The molecule has 126 valence electrons. The molecule has 1 aromatic heterocycles. The first-order chi connectivity index (χ1) is 11.6. The Morgan fingerprint density at radius 2 is 2.00 bits per heavy atom. The van der Waals surface area contributed by atoms with Crippen molar-refractivity contribution in [1.82, 2.24) is 5.32 Å². The lowest BCUT2D eigenvalue weighted by Gasteiger charge is -2.13. The summed E-state index contributed by atoms with van der Waals surface area (Å²) in [7, 11) is 0. The summed E-state index contributed by atoms with van der Waals surface area (Å²) >= 11 is 1.46. The van der Waals surface area contributed by atoms with E-state index in [1.807, 2.05) is 25.1 Å². The second-order valence-electron chi connectivity index (χ2n) is 6.30.